The van der Waals surface area contributed by atoms with Crippen molar-refractivity contribution in [3.63, 3.8) is 0 Å². The minimum atomic E-state index is 0.478. The molecule has 2 rings (SSSR count). The van der Waals surface area contributed by atoms with Crippen LogP contribution in [0.1, 0.15) is 11.4 Å². The second-order valence-electron chi connectivity index (χ2n) is 3.66. The Morgan fingerprint density at radius 2 is 2.25 bits per heavy atom. The molecule has 0 fully saturated rings. The van der Waals surface area contributed by atoms with Crippen LogP contribution in [0, 0.1) is 6.92 Å². The number of benzene rings is 1. The maximum atomic E-state index is 5.66. The molecule has 1 aromatic heterocycles. The van der Waals surface area contributed by atoms with Crippen LogP contribution < -0.4 is 4.74 Å². The number of nitrogens with zero attached hydrogens (tertiary/aromatic N) is 2. The fourth-order valence-electron chi connectivity index (χ4n) is 1.41. The van der Waals surface area contributed by atoms with E-state index in [-0.39, 0.29) is 0 Å². The Morgan fingerprint density at radius 1 is 1.44 bits per heavy atom. The highest BCUT2D eigenvalue weighted by atomic mass is 79.9. The first-order chi connectivity index (χ1) is 7.66. The molecular weight excluding hydrogens is 268 g/mol. The van der Waals surface area contributed by atoms with Gasteiger partial charge in [-0.25, -0.2) is 4.98 Å². The van der Waals surface area contributed by atoms with Crippen molar-refractivity contribution in [2.24, 2.45) is 7.05 Å². The molecule has 0 amide bonds. The molecular formula is C12H13BrN2O. The van der Waals surface area contributed by atoms with Gasteiger partial charge in [-0.15, -0.1) is 0 Å². The number of ether oxygens (including phenoxy) is 1. The molecule has 0 aliphatic rings. The number of imidazole rings is 1. The molecule has 0 N–H and O–H groups in total. The highest BCUT2D eigenvalue weighted by Crippen LogP contribution is 2.15. The van der Waals surface area contributed by atoms with Gasteiger partial charge in [0.05, 0.1) is 6.20 Å². The Bertz CT molecular complexity index is 494. The third-order valence-electron chi connectivity index (χ3n) is 2.39. The topological polar surface area (TPSA) is 27.1 Å². The Kier molecular flexibility index (Phi) is 3.29. The van der Waals surface area contributed by atoms with Crippen LogP contribution in [-0.2, 0) is 13.7 Å². The van der Waals surface area contributed by atoms with E-state index < -0.39 is 0 Å². The monoisotopic (exact) mass is 280 g/mol. The molecule has 0 saturated carbocycles. The Balaban J connectivity index is 2.05. The van der Waals surface area contributed by atoms with E-state index in [0.29, 0.717) is 6.61 Å². The highest BCUT2D eigenvalue weighted by Gasteiger charge is 2.04. The van der Waals surface area contributed by atoms with Crippen LogP contribution in [0.3, 0.4) is 0 Å². The van der Waals surface area contributed by atoms with Gasteiger partial charge in [-0.1, -0.05) is 12.1 Å². The van der Waals surface area contributed by atoms with E-state index >= 15 is 0 Å². The molecule has 0 atom stereocenters. The minimum Gasteiger partial charge on any atom is -0.486 e. The predicted octanol–water partition coefficient (Wildman–Crippen LogP) is 3.07. The quantitative estimate of drug-likeness (QED) is 0.864. The summed E-state index contributed by atoms with van der Waals surface area (Å²) in [6.07, 6.45) is 1.77. The van der Waals surface area contributed by atoms with Crippen molar-refractivity contribution in [1.82, 2.24) is 9.55 Å². The summed E-state index contributed by atoms with van der Waals surface area (Å²) in [5.74, 6) is 1.77. The lowest BCUT2D eigenvalue weighted by molar-refractivity contribution is 0.291. The van der Waals surface area contributed by atoms with Crippen LogP contribution in [0.15, 0.2) is 35.1 Å². The summed E-state index contributed by atoms with van der Waals surface area (Å²) in [4.78, 5) is 4.24. The lowest BCUT2D eigenvalue weighted by atomic mass is 10.2. The van der Waals surface area contributed by atoms with Crippen molar-refractivity contribution >= 4 is 15.9 Å². The standard InChI is InChI=1S/C12H13BrN2O/c1-9-4-3-5-10(6-9)16-8-12-14-7-11(13)15(12)2/h3-7H,8H2,1-2H3. The molecule has 1 aromatic carbocycles. The fourth-order valence-corrected chi connectivity index (χ4v) is 1.72. The van der Waals surface area contributed by atoms with Gasteiger partial charge in [0.1, 0.15) is 22.8 Å². The molecule has 0 unspecified atom stereocenters. The predicted molar refractivity (Wildman–Crippen MR) is 66.4 cm³/mol. The third-order valence-corrected chi connectivity index (χ3v) is 3.12. The number of hydrogen-bond acceptors (Lipinski definition) is 2. The van der Waals surface area contributed by atoms with E-state index in [1.54, 1.807) is 6.20 Å². The fraction of sp³-hybridized carbons (Fsp3) is 0.250. The molecule has 0 saturated heterocycles. The summed E-state index contributed by atoms with van der Waals surface area (Å²) in [6, 6.07) is 7.99. The zero-order valence-electron chi connectivity index (χ0n) is 9.27. The number of halogens is 1. The van der Waals surface area contributed by atoms with E-state index in [1.807, 2.05) is 42.8 Å². The largest absolute Gasteiger partial charge is 0.486 e. The molecule has 1 heterocycles. The average molecular weight is 281 g/mol. The van der Waals surface area contributed by atoms with Crippen molar-refractivity contribution in [3.05, 3.63) is 46.5 Å². The molecule has 0 aliphatic heterocycles. The molecule has 84 valence electrons. The van der Waals surface area contributed by atoms with Gasteiger partial charge in [0.25, 0.3) is 0 Å². The third kappa shape index (κ3) is 2.44. The van der Waals surface area contributed by atoms with Gasteiger partial charge in [0.2, 0.25) is 0 Å². The zero-order valence-corrected chi connectivity index (χ0v) is 10.9. The smallest absolute Gasteiger partial charge is 0.147 e. The Labute approximate surface area is 103 Å². The molecule has 0 aliphatic carbocycles. The summed E-state index contributed by atoms with van der Waals surface area (Å²) in [5.41, 5.74) is 1.19. The summed E-state index contributed by atoms with van der Waals surface area (Å²) < 4.78 is 8.57. The zero-order chi connectivity index (χ0) is 11.5. The second kappa shape index (κ2) is 4.70. The number of hydrogen-bond donors (Lipinski definition) is 0. The first-order valence-electron chi connectivity index (χ1n) is 5.02. The normalized spacial score (nSPS) is 10.4. The van der Waals surface area contributed by atoms with Gasteiger partial charge in [-0.05, 0) is 40.5 Å². The summed E-state index contributed by atoms with van der Waals surface area (Å²) >= 11 is 3.40. The molecule has 0 bridgehead atoms. The maximum Gasteiger partial charge on any atom is 0.147 e. The lowest BCUT2D eigenvalue weighted by Gasteiger charge is -2.06. The first kappa shape index (κ1) is 11.2. The summed E-state index contributed by atoms with van der Waals surface area (Å²) in [6.45, 7) is 2.52. The Hall–Kier alpha value is -1.29. The molecule has 4 heteroatoms. The van der Waals surface area contributed by atoms with Gasteiger partial charge >= 0.3 is 0 Å². The number of aryl methyl sites for hydroxylation is 1. The van der Waals surface area contributed by atoms with Crippen molar-refractivity contribution < 1.29 is 4.74 Å². The van der Waals surface area contributed by atoms with E-state index in [9.17, 15) is 0 Å². The van der Waals surface area contributed by atoms with Crippen molar-refractivity contribution in [3.8, 4) is 5.75 Å². The number of aromatic nitrogens is 2. The second-order valence-corrected chi connectivity index (χ2v) is 4.47. The van der Waals surface area contributed by atoms with Gasteiger partial charge in [0, 0.05) is 7.05 Å². The van der Waals surface area contributed by atoms with Gasteiger partial charge in [-0.2, -0.15) is 0 Å². The molecule has 3 nitrogen and oxygen atoms in total. The van der Waals surface area contributed by atoms with E-state index in [4.69, 9.17) is 4.74 Å². The maximum absolute atomic E-state index is 5.66. The SMILES string of the molecule is Cc1cccc(OCc2ncc(Br)n2C)c1. The van der Waals surface area contributed by atoms with E-state index in [2.05, 4.69) is 20.9 Å². The minimum absolute atomic E-state index is 0.478. The number of rotatable bonds is 3. The van der Waals surface area contributed by atoms with E-state index in [1.165, 1.54) is 5.56 Å². The lowest BCUT2D eigenvalue weighted by Crippen LogP contribution is -2.03. The van der Waals surface area contributed by atoms with Gasteiger partial charge < -0.3 is 9.30 Å². The molecule has 2 aromatic rings. The van der Waals surface area contributed by atoms with Crippen LogP contribution in [-0.4, -0.2) is 9.55 Å². The van der Waals surface area contributed by atoms with E-state index in [0.717, 1.165) is 16.2 Å². The summed E-state index contributed by atoms with van der Waals surface area (Å²) in [7, 11) is 1.95. The van der Waals surface area contributed by atoms with Crippen LogP contribution >= 0.6 is 15.9 Å². The van der Waals surface area contributed by atoms with Crippen LogP contribution in [0.2, 0.25) is 0 Å². The first-order valence-corrected chi connectivity index (χ1v) is 5.81. The van der Waals surface area contributed by atoms with Crippen LogP contribution in [0.4, 0.5) is 0 Å². The van der Waals surface area contributed by atoms with Crippen LogP contribution in [0.5, 0.6) is 5.75 Å². The van der Waals surface area contributed by atoms with Crippen molar-refractivity contribution in [2.75, 3.05) is 0 Å². The van der Waals surface area contributed by atoms with Gasteiger partial charge in [-0.3, -0.25) is 0 Å². The molecule has 16 heavy (non-hydrogen) atoms. The highest BCUT2D eigenvalue weighted by molar-refractivity contribution is 9.10. The molecule has 0 radical (unpaired) electrons. The average Bonchev–Trinajstić information content (AvgIpc) is 2.57. The van der Waals surface area contributed by atoms with Gasteiger partial charge in [0.15, 0.2) is 0 Å². The Morgan fingerprint density at radius 3 is 2.88 bits per heavy atom. The van der Waals surface area contributed by atoms with Crippen molar-refractivity contribution in [2.45, 2.75) is 13.5 Å². The van der Waals surface area contributed by atoms with Crippen molar-refractivity contribution in [1.29, 1.82) is 0 Å². The summed E-state index contributed by atoms with van der Waals surface area (Å²) in [5, 5.41) is 0. The molecule has 0 spiro atoms. The van der Waals surface area contributed by atoms with Crippen LogP contribution in [0.25, 0.3) is 0 Å².